The predicted octanol–water partition coefficient (Wildman–Crippen LogP) is 4.26. The number of aromatic nitrogens is 2. The minimum atomic E-state index is -0.566. The summed E-state index contributed by atoms with van der Waals surface area (Å²) in [7, 11) is 3.25. The van der Waals surface area contributed by atoms with Crippen molar-refractivity contribution in [3.8, 4) is 23.0 Å². The molecule has 3 aromatic carbocycles. The summed E-state index contributed by atoms with van der Waals surface area (Å²) in [5.74, 6) is 0.573. The fraction of sp³-hybridized carbons (Fsp3) is 0.231. The highest BCUT2D eigenvalue weighted by Gasteiger charge is 2.31. The summed E-state index contributed by atoms with van der Waals surface area (Å²) < 4.78 is 31.0. The Labute approximate surface area is 196 Å². The number of ether oxygens (including phenoxy) is 2. The summed E-state index contributed by atoms with van der Waals surface area (Å²) in [6, 6.07) is 19.7. The summed E-state index contributed by atoms with van der Waals surface area (Å²) in [6.07, 6.45) is 0.774. The molecule has 7 nitrogen and oxygen atoms in total. The largest absolute Gasteiger partial charge is 0.493 e. The van der Waals surface area contributed by atoms with Crippen LogP contribution < -0.4 is 15.2 Å². The van der Waals surface area contributed by atoms with E-state index in [0.29, 0.717) is 23.6 Å². The molecule has 1 aliphatic heterocycles. The first kappa shape index (κ1) is 21.9. The Bertz CT molecular complexity index is 1350. The van der Waals surface area contributed by atoms with Crippen LogP contribution in [-0.4, -0.2) is 35.4 Å². The van der Waals surface area contributed by atoms with E-state index in [2.05, 4.69) is 22.1 Å². The van der Waals surface area contributed by atoms with Gasteiger partial charge in [-0.3, -0.25) is 4.90 Å². The van der Waals surface area contributed by atoms with Crippen molar-refractivity contribution in [2.45, 2.75) is 19.1 Å². The normalized spacial score (nSPS) is 15.7. The molecule has 0 saturated carbocycles. The minimum absolute atomic E-state index is 0.123. The molecule has 174 valence electrons. The number of fused-ring (bicyclic) bond motifs is 1. The van der Waals surface area contributed by atoms with E-state index in [9.17, 15) is 9.18 Å². The van der Waals surface area contributed by atoms with Gasteiger partial charge in [0.25, 0.3) is 0 Å². The summed E-state index contributed by atoms with van der Waals surface area (Å²) in [6.45, 7) is 0.935. The maximum absolute atomic E-state index is 13.3. The van der Waals surface area contributed by atoms with Gasteiger partial charge in [-0.2, -0.15) is 4.68 Å². The van der Waals surface area contributed by atoms with E-state index in [-0.39, 0.29) is 24.4 Å². The molecule has 0 radical (unpaired) electrons. The fourth-order valence-electron chi connectivity index (χ4n) is 4.45. The van der Waals surface area contributed by atoms with Gasteiger partial charge in [-0.1, -0.05) is 30.3 Å². The van der Waals surface area contributed by atoms with Crippen molar-refractivity contribution in [3.05, 3.63) is 99.8 Å². The molecule has 4 aromatic rings. The lowest BCUT2D eigenvalue weighted by atomic mass is 9.88. The molecule has 1 aromatic heterocycles. The molecule has 1 unspecified atom stereocenters. The third-order valence-electron chi connectivity index (χ3n) is 6.10. The SMILES string of the molecule is COc1cc2c(cc1OC)C(c1ccccc1)N(Cn1nc(-c3ccc(F)cc3)oc1=O)CC2. The van der Waals surface area contributed by atoms with E-state index in [1.807, 2.05) is 30.3 Å². The Hall–Kier alpha value is -3.91. The first-order valence-electron chi connectivity index (χ1n) is 10.9. The maximum Gasteiger partial charge on any atom is 0.438 e. The highest BCUT2D eigenvalue weighted by atomic mass is 19.1. The Morgan fingerprint density at radius 2 is 1.74 bits per heavy atom. The van der Waals surface area contributed by atoms with Crippen LogP contribution in [0.25, 0.3) is 11.5 Å². The zero-order valence-electron chi connectivity index (χ0n) is 18.9. The molecule has 0 saturated heterocycles. The third-order valence-corrected chi connectivity index (χ3v) is 6.10. The van der Waals surface area contributed by atoms with Gasteiger partial charge in [0.15, 0.2) is 11.5 Å². The first-order valence-corrected chi connectivity index (χ1v) is 10.9. The fourth-order valence-corrected chi connectivity index (χ4v) is 4.45. The van der Waals surface area contributed by atoms with Crippen molar-refractivity contribution in [2.24, 2.45) is 0 Å². The number of hydrogen-bond donors (Lipinski definition) is 0. The number of halogens is 1. The standard InChI is InChI=1S/C26H24FN3O4/c1-32-22-14-19-12-13-29(24(17-6-4-3-5-7-17)21(19)15-23(22)33-2)16-30-26(31)34-25(28-30)18-8-10-20(27)11-9-18/h3-11,14-15,24H,12-13,16H2,1-2H3. The van der Waals surface area contributed by atoms with Crippen molar-refractivity contribution >= 4 is 0 Å². The number of methoxy groups -OCH3 is 2. The van der Waals surface area contributed by atoms with Crippen LogP contribution in [0.3, 0.4) is 0 Å². The topological polar surface area (TPSA) is 69.7 Å². The quantitative estimate of drug-likeness (QED) is 0.427. The molecular weight excluding hydrogens is 437 g/mol. The highest BCUT2D eigenvalue weighted by Crippen LogP contribution is 2.41. The highest BCUT2D eigenvalue weighted by molar-refractivity contribution is 5.52. The Morgan fingerprint density at radius 1 is 1.03 bits per heavy atom. The van der Waals surface area contributed by atoms with Crippen LogP contribution in [-0.2, 0) is 13.1 Å². The van der Waals surface area contributed by atoms with Gasteiger partial charge in [0.1, 0.15) is 12.5 Å². The van der Waals surface area contributed by atoms with Crippen LogP contribution in [0.4, 0.5) is 4.39 Å². The van der Waals surface area contributed by atoms with Gasteiger partial charge in [0.05, 0.1) is 20.3 Å². The Morgan fingerprint density at radius 3 is 2.44 bits per heavy atom. The molecule has 0 aliphatic carbocycles. The van der Waals surface area contributed by atoms with E-state index < -0.39 is 5.76 Å². The van der Waals surface area contributed by atoms with Crippen LogP contribution in [0.2, 0.25) is 0 Å². The summed E-state index contributed by atoms with van der Waals surface area (Å²) in [4.78, 5) is 14.8. The van der Waals surface area contributed by atoms with Crippen molar-refractivity contribution < 1.29 is 18.3 Å². The Balaban J connectivity index is 1.53. The van der Waals surface area contributed by atoms with Crippen molar-refractivity contribution in [1.82, 2.24) is 14.7 Å². The Kier molecular flexibility index (Phi) is 5.90. The zero-order valence-corrected chi connectivity index (χ0v) is 18.9. The van der Waals surface area contributed by atoms with E-state index in [1.54, 1.807) is 14.2 Å². The van der Waals surface area contributed by atoms with Gasteiger partial charge in [-0.15, -0.1) is 5.10 Å². The molecule has 0 amide bonds. The molecule has 0 N–H and O–H groups in total. The van der Waals surface area contributed by atoms with Gasteiger partial charge in [0.2, 0.25) is 5.89 Å². The lowest BCUT2D eigenvalue weighted by molar-refractivity contribution is 0.151. The number of benzene rings is 3. The monoisotopic (exact) mass is 461 g/mol. The predicted molar refractivity (Wildman–Crippen MR) is 124 cm³/mol. The molecule has 8 heteroatoms. The van der Waals surface area contributed by atoms with Crippen molar-refractivity contribution in [2.75, 3.05) is 20.8 Å². The molecule has 0 fully saturated rings. The average molecular weight is 461 g/mol. The van der Waals surface area contributed by atoms with Crippen molar-refractivity contribution in [1.29, 1.82) is 0 Å². The van der Waals surface area contributed by atoms with Crippen LogP contribution in [0.1, 0.15) is 22.7 Å². The van der Waals surface area contributed by atoms with Gasteiger partial charge < -0.3 is 13.9 Å². The second kappa shape index (κ2) is 9.15. The smallest absolute Gasteiger partial charge is 0.438 e. The van der Waals surface area contributed by atoms with Gasteiger partial charge in [-0.05, 0) is 59.5 Å². The molecular formula is C26H24FN3O4. The zero-order chi connectivity index (χ0) is 23.7. The van der Waals surface area contributed by atoms with Gasteiger partial charge in [-0.25, -0.2) is 9.18 Å². The third kappa shape index (κ3) is 4.08. The summed E-state index contributed by atoms with van der Waals surface area (Å²) in [5, 5.41) is 4.38. The van der Waals surface area contributed by atoms with E-state index in [0.717, 1.165) is 17.5 Å². The van der Waals surface area contributed by atoms with Gasteiger partial charge in [0, 0.05) is 12.1 Å². The molecule has 2 heterocycles. The van der Waals surface area contributed by atoms with E-state index >= 15 is 0 Å². The lowest BCUT2D eigenvalue weighted by Gasteiger charge is -2.37. The molecule has 34 heavy (non-hydrogen) atoms. The number of hydrogen-bond acceptors (Lipinski definition) is 6. The molecule has 0 spiro atoms. The van der Waals surface area contributed by atoms with Gasteiger partial charge >= 0.3 is 5.76 Å². The maximum atomic E-state index is 13.3. The molecule has 0 bridgehead atoms. The summed E-state index contributed by atoms with van der Waals surface area (Å²) in [5.41, 5.74) is 3.89. The molecule has 1 atom stereocenters. The average Bonchev–Trinajstić information content (AvgIpc) is 3.23. The first-order chi connectivity index (χ1) is 16.6. The molecule has 1 aliphatic rings. The minimum Gasteiger partial charge on any atom is -0.493 e. The van der Waals surface area contributed by atoms with Crippen LogP contribution in [0.5, 0.6) is 11.5 Å². The second-order valence-corrected chi connectivity index (χ2v) is 8.10. The van der Waals surface area contributed by atoms with E-state index in [4.69, 9.17) is 13.9 Å². The summed E-state index contributed by atoms with van der Waals surface area (Å²) >= 11 is 0. The number of nitrogens with zero attached hydrogens (tertiary/aromatic N) is 3. The van der Waals surface area contributed by atoms with E-state index in [1.165, 1.54) is 34.5 Å². The molecule has 5 rings (SSSR count). The number of rotatable bonds is 6. The lowest BCUT2D eigenvalue weighted by Crippen LogP contribution is -2.39. The van der Waals surface area contributed by atoms with Crippen LogP contribution in [0, 0.1) is 5.82 Å². The second-order valence-electron chi connectivity index (χ2n) is 8.10. The van der Waals surface area contributed by atoms with Crippen molar-refractivity contribution in [3.63, 3.8) is 0 Å². The van der Waals surface area contributed by atoms with Crippen LogP contribution in [0.15, 0.2) is 75.9 Å². The van der Waals surface area contributed by atoms with Crippen LogP contribution >= 0.6 is 0 Å².